The Bertz CT molecular complexity index is 1780. The quantitative estimate of drug-likeness (QED) is 0.359. The first-order valence-electron chi connectivity index (χ1n) is 15.6. The predicted molar refractivity (Wildman–Crippen MR) is 165 cm³/mol. The number of aromatic amines is 1. The number of imide groups is 1. The number of piperidine rings is 1. The summed E-state index contributed by atoms with van der Waals surface area (Å²) in [6.45, 7) is 1.46. The van der Waals surface area contributed by atoms with Gasteiger partial charge in [0.15, 0.2) is 6.61 Å². The molecule has 8 nitrogen and oxygen atoms in total. The van der Waals surface area contributed by atoms with Gasteiger partial charge in [0.05, 0.1) is 28.1 Å². The number of alkyl halides is 3. The molecule has 2 aromatic carbocycles. The van der Waals surface area contributed by atoms with Gasteiger partial charge in [-0.25, -0.2) is 0 Å². The van der Waals surface area contributed by atoms with E-state index in [4.69, 9.17) is 4.74 Å². The third-order valence-corrected chi connectivity index (χ3v) is 13.1. The molecule has 46 heavy (non-hydrogen) atoms. The number of benzene rings is 2. The molecule has 2 saturated carbocycles. The number of hydrogen-bond acceptors (Lipinski definition) is 7. The molecule has 8 rings (SSSR count). The number of halogens is 3. The zero-order valence-electron chi connectivity index (χ0n) is 24.5. The maximum atomic E-state index is 13.9. The standard InChI is InChI=1S/C33H30F3N3O5S2/c34-33(35,36)17-5-4-6-18(13-17)39-30(41)25-20-14-21(26(25)31(39)42)27-24(20)23(28-29(45-27)37-32(43)46-28)16-7-9-19(10-8-16)44-15-22(40)38-11-2-1-3-12-38/h4-10,13,20-21,23-27H,1-3,11-12,14-15H2,(H,37,43)/t20-,21-,23+,24-,25+,26+,27-/m1/s1. The molecule has 5 aliphatic rings. The van der Waals surface area contributed by atoms with Gasteiger partial charge in [-0.3, -0.25) is 24.1 Å². The van der Waals surface area contributed by atoms with E-state index in [2.05, 4.69) is 4.98 Å². The number of likely N-dealkylation sites (tertiary alicyclic amines) is 1. The van der Waals surface area contributed by atoms with Gasteiger partial charge in [-0.2, -0.15) is 13.2 Å². The Morgan fingerprint density at radius 3 is 2.39 bits per heavy atom. The lowest BCUT2D eigenvalue weighted by Gasteiger charge is -2.43. The molecule has 3 aromatic rings. The topological polar surface area (TPSA) is 99.8 Å². The van der Waals surface area contributed by atoms with Crippen LogP contribution in [0.5, 0.6) is 5.75 Å². The van der Waals surface area contributed by atoms with E-state index in [1.54, 1.807) is 11.8 Å². The molecule has 2 aliphatic carbocycles. The Balaban J connectivity index is 1.08. The van der Waals surface area contributed by atoms with Crippen molar-refractivity contribution in [1.29, 1.82) is 0 Å². The maximum Gasteiger partial charge on any atom is 0.416 e. The molecule has 7 atom stereocenters. The normalized spacial score (nSPS) is 29.9. The zero-order valence-corrected chi connectivity index (χ0v) is 26.1. The smallest absolute Gasteiger partial charge is 0.416 e. The van der Waals surface area contributed by atoms with Crippen LogP contribution in [0.15, 0.2) is 58.4 Å². The first-order chi connectivity index (χ1) is 22.1. The van der Waals surface area contributed by atoms with Crippen LogP contribution in [0.4, 0.5) is 18.9 Å². The van der Waals surface area contributed by atoms with Crippen LogP contribution >= 0.6 is 23.1 Å². The van der Waals surface area contributed by atoms with Crippen molar-refractivity contribution < 1.29 is 32.3 Å². The second kappa shape index (κ2) is 11.0. The van der Waals surface area contributed by atoms with Gasteiger partial charge in [-0.1, -0.05) is 29.5 Å². The number of aromatic nitrogens is 1. The number of carbonyl (C=O) groups excluding carboxylic acids is 3. The monoisotopic (exact) mass is 669 g/mol. The lowest BCUT2D eigenvalue weighted by atomic mass is 9.68. The number of carbonyl (C=O) groups is 3. The minimum atomic E-state index is -4.60. The second-order valence-corrected chi connectivity index (χ2v) is 15.0. The largest absolute Gasteiger partial charge is 0.484 e. The average molecular weight is 670 g/mol. The van der Waals surface area contributed by atoms with Gasteiger partial charge in [-0.05, 0) is 79.3 Å². The molecule has 0 radical (unpaired) electrons. The molecule has 1 aromatic heterocycles. The van der Waals surface area contributed by atoms with E-state index in [1.807, 2.05) is 29.2 Å². The summed E-state index contributed by atoms with van der Waals surface area (Å²) in [6, 6.07) is 11.9. The summed E-state index contributed by atoms with van der Waals surface area (Å²) < 4.78 is 46.3. The molecule has 4 heterocycles. The van der Waals surface area contributed by atoms with E-state index in [0.717, 1.165) is 76.2 Å². The van der Waals surface area contributed by atoms with Crippen LogP contribution in [0.1, 0.15) is 47.6 Å². The lowest BCUT2D eigenvalue weighted by Crippen LogP contribution is -2.42. The number of hydrogen-bond donors (Lipinski definition) is 1. The van der Waals surface area contributed by atoms with E-state index in [9.17, 15) is 32.3 Å². The first-order valence-corrected chi connectivity index (χ1v) is 17.2. The number of thioether (sulfide) groups is 1. The highest BCUT2D eigenvalue weighted by molar-refractivity contribution is 8.00. The van der Waals surface area contributed by atoms with Gasteiger partial charge in [0, 0.05) is 29.1 Å². The summed E-state index contributed by atoms with van der Waals surface area (Å²) in [4.78, 5) is 59.4. The van der Waals surface area contributed by atoms with E-state index >= 15 is 0 Å². The van der Waals surface area contributed by atoms with Crippen LogP contribution in [0.2, 0.25) is 0 Å². The molecular weight excluding hydrogens is 640 g/mol. The summed E-state index contributed by atoms with van der Waals surface area (Å²) in [5, 5.41) is 0.717. The maximum absolute atomic E-state index is 13.9. The van der Waals surface area contributed by atoms with Crippen LogP contribution in [-0.2, 0) is 20.6 Å². The molecule has 2 saturated heterocycles. The van der Waals surface area contributed by atoms with Gasteiger partial charge in [-0.15, -0.1) is 11.8 Å². The Labute approximate surface area is 270 Å². The number of nitrogens with zero attached hydrogens (tertiary/aromatic N) is 2. The highest BCUT2D eigenvalue weighted by atomic mass is 32.2. The SMILES string of the molecule is O=C(COc1ccc([C@@H]2c3sc(=O)[nH]c3S[C@@H]3[C@@H]4C[C@@H]([C@@H]5C(=O)N(c6cccc(C(F)(F)F)c6)C(=O)[C@@H]45)[C@H]23)cc1)N1CCCCC1. The number of H-pyrrole nitrogens is 1. The highest BCUT2D eigenvalue weighted by Crippen LogP contribution is 2.68. The Morgan fingerprint density at radius 2 is 1.67 bits per heavy atom. The summed E-state index contributed by atoms with van der Waals surface area (Å²) in [6.07, 6.45) is -0.801. The van der Waals surface area contributed by atoms with Crippen molar-refractivity contribution in [3.63, 3.8) is 0 Å². The van der Waals surface area contributed by atoms with Gasteiger partial charge in [0.25, 0.3) is 5.91 Å². The number of amides is 3. The first kappa shape index (κ1) is 29.8. The van der Waals surface area contributed by atoms with Crippen LogP contribution in [0, 0.1) is 29.6 Å². The van der Waals surface area contributed by atoms with E-state index in [0.29, 0.717) is 12.2 Å². The van der Waals surface area contributed by atoms with Crippen LogP contribution in [0.25, 0.3) is 0 Å². The summed E-state index contributed by atoms with van der Waals surface area (Å²) >= 11 is 2.70. The van der Waals surface area contributed by atoms with Crippen LogP contribution in [-0.4, -0.2) is 52.6 Å². The number of anilines is 1. The van der Waals surface area contributed by atoms with Gasteiger partial charge < -0.3 is 14.6 Å². The number of fused-ring (bicyclic) bond motifs is 9. The minimum absolute atomic E-state index is 0.0378. The molecule has 4 fully saturated rings. The fourth-order valence-corrected chi connectivity index (χ4v) is 11.5. The second-order valence-electron chi connectivity index (χ2n) is 12.8. The van der Waals surface area contributed by atoms with Crippen molar-refractivity contribution >= 4 is 46.5 Å². The molecular formula is C33H30F3N3O5S2. The average Bonchev–Trinajstić information content (AvgIpc) is 3.79. The van der Waals surface area contributed by atoms with E-state index < -0.39 is 35.4 Å². The molecule has 13 heteroatoms. The third-order valence-electron chi connectivity index (χ3n) is 10.5. The fourth-order valence-electron chi connectivity index (χ4n) is 8.62. The number of ether oxygens (including phenoxy) is 1. The Hall–Kier alpha value is -3.58. The molecule has 2 bridgehead atoms. The number of thiazole rings is 1. The lowest BCUT2D eigenvalue weighted by molar-refractivity contribution is -0.137. The molecule has 0 unspecified atom stereocenters. The molecule has 3 amide bonds. The van der Waals surface area contributed by atoms with Crippen molar-refractivity contribution in [1.82, 2.24) is 9.88 Å². The van der Waals surface area contributed by atoms with Gasteiger partial charge in [0.2, 0.25) is 11.8 Å². The van der Waals surface area contributed by atoms with Crippen molar-refractivity contribution in [2.24, 2.45) is 29.6 Å². The molecule has 1 N–H and O–H groups in total. The van der Waals surface area contributed by atoms with Crippen molar-refractivity contribution in [3.05, 3.63) is 74.2 Å². The summed E-state index contributed by atoms with van der Waals surface area (Å²) in [5.74, 6) is -2.20. The summed E-state index contributed by atoms with van der Waals surface area (Å²) in [5.41, 5.74) is -0.0210. The fraction of sp³-hybridized carbons (Fsp3) is 0.455. The number of nitrogens with one attached hydrogen (secondary N) is 1. The Kier molecular flexibility index (Phi) is 7.13. The molecule has 3 aliphatic heterocycles. The highest BCUT2D eigenvalue weighted by Gasteiger charge is 2.69. The van der Waals surface area contributed by atoms with Crippen molar-refractivity contribution in [3.8, 4) is 5.75 Å². The van der Waals surface area contributed by atoms with Gasteiger partial charge >= 0.3 is 11.0 Å². The number of rotatable bonds is 5. The van der Waals surface area contributed by atoms with E-state index in [1.165, 1.54) is 12.1 Å². The van der Waals surface area contributed by atoms with Crippen molar-refractivity contribution in [2.45, 2.75) is 48.1 Å². The van der Waals surface area contributed by atoms with Crippen molar-refractivity contribution in [2.75, 3.05) is 24.6 Å². The molecule has 240 valence electrons. The minimum Gasteiger partial charge on any atom is -0.484 e. The van der Waals surface area contributed by atoms with E-state index in [-0.39, 0.29) is 52.0 Å². The van der Waals surface area contributed by atoms with Crippen LogP contribution in [0.3, 0.4) is 0 Å². The predicted octanol–water partition coefficient (Wildman–Crippen LogP) is 5.52. The molecule has 0 spiro atoms. The van der Waals surface area contributed by atoms with Gasteiger partial charge in [0.1, 0.15) is 5.75 Å². The zero-order chi connectivity index (χ0) is 31.9. The Morgan fingerprint density at radius 1 is 0.957 bits per heavy atom. The van der Waals surface area contributed by atoms with Crippen LogP contribution < -0.4 is 14.5 Å². The summed E-state index contributed by atoms with van der Waals surface area (Å²) in [7, 11) is 0. The third kappa shape index (κ3) is 4.71.